The molecule has 0 amide bonds. The van der Waals surface area contributed by atoms with Crippen molar-refractivity contribution in [1.82, 2.24) is 0 Å². The first-order valence-electron chi connectivity index (χ1n) is 7.24. The largest absolute Gasteiger partial charge is 0.380 e. The molecule has 21 heavy (non-hydrogen) atoms. The smallest absolute Gasteiger partial charge is 0.271 e. The van der Waals surface area contributed by atoms with E-state index in [1.807, 2.05) is 6.92 Å². The van der Waals surface area contributed by atoms with Gasteiger partial charge >= 0.3 is 0 Å². The summed E-state index contributed by atoms with van der Waals surface area (Å²) >= 11 is 3.45. The van der Waals surface area contributed by atoms with Crippen LogP contribution in [0.3, 0.4) is 0 Å². The van der Waals surface area contributed by atoms with Crippen LogP contribution < -0.4 is 5.32 Å². The van der Waals surface area contributed by atoms with Crippen LogP contribution in [0, 0.1) is 15.5 Å². The molecule has 3 atom stereocenters. The van der Waals surface area contributed by atoms with E-state index in [1.165, 1.54) is 6.07 Å². The fourth-order valence-corrected chi connectivity index (χ4v) is 3.26. The molecule has 0 bridgehead atoms. The number of nitro groups is 1. The Hall–Kier alpha value is -1.14. The standard InChI is InChI=1S/C15H21BrN2O3/c1-4-15(3)13(9-14(15)21-5-2)17-12-8-10(18(19)20)6-7-11(12)16/h6-8,13-14,17H,4-5,9H2,1-3H3. The number of anilines is 1. The number of hydrogen-bond acceptors (Lipinski definition) is 4. The molecule has 0 radical (unpaired) electrons. The zero-order valence-electron chi connectivity index (χ0n) is 12.6. The molecule has 6 heteroatoms. The van der Waals surface area contributed by atoms with Gasteiger partial charge in [0.25, 0.3) is 5.69 Å². The minimum Gasteiger partial charge on any atom is -0.380 e. The summed E-state index contributed by atoms with van der Waals surface area (Å²) in [6.45, 7) is 7.09. The topological polar surface area (TPSA) is 64.4 Å². The second-order valence-electron chi connectivity index (χ2n) is 5.66. The minimum absolute atomic E-state index is 0.0556. The van der Waals surface area contributed by atoms with E-state index < -0.39 is 0 Å². The van der Waals surface area contributed by atoms with Crippen molar-refractivity contribution in [3.8, 4) is 0 Å². The number of non-ortho nitro benzene ring substituents is 1. The van der Waals surface area contributed by atoms with Crippen LogP contribution >= 0.6 is 15.9 Å². The van der Waals surface area contributed by atoms with Gasteiger partial charge in [0.05, 0.1) is 16.7 Å². The van der Waals surface area contributed by atoms with Gasteiger partial charge in [-0.2, -0.15) is 0 Å². The summed E-state index contributed by atoms with van der Waals surface area (Å²) in [6.07, 6.45) is 2.18. The predicted octanol–water partition coefficient (Wildman–Crippen LogP) is 4.36. The van der Waals surface area contributed by atoms with Crippen molar-refractivity contribution in [1.29, 1.82) is 0 Å². The first kappa shape index (κ1) is 16.2. The van der Waals surface area contributed by atoms with E-state index in [2.05, 4.69) is 35.1 Å². The molecule has 1 N–H and O–H groups in total. The van der Waals surface area contributed by atoms with E-state index in [-0.39, 0.29) is 28.2 Å². The predicted molar refractivity (Wildman–Crippen MR) is 86.6 cm³/mol. The minimum atomic E-state index is -0.375. The van der Waals surface area contributed by atoms with Crippen LogP contribution in [0.25, 0.3) is 0 Å². The van der Waals surface area contributed by atoms with Gasteiger partial charge in [0.2, 0.25) is 0 Å². The van der Waals surface area contributed by atoms with Crippen LogP contribution in [0.15, 0.2) is 22.7 Å². The molecule has 116 valence electrons. The van der Waals surface area contributed by atoms with E-state index in [1.54, 1.807) is 12.1 Å². The molecule has 1 fully saturated rings. The second kappa shape index (κ2) is 6.32. The molecule has 2 rings (SSSR count). The van der Waals surface area contributed by atoms with Crippen LogP contribution in [0.4, 0.5) is 11.4 Å². The van der Waals surface area contributed by atoms with Gasteiger partial charge in [-0.3, -0.25) is 10.1 Å². The maximum absolute atomic E-state index is 10.9. The molecular formula is C15H21BrN2O3. The van der Waals surface area contributed by atoms with Gasteiger partial charge < -0.3 is 10.1 Å². The molecular weight excluding hydrogens is 336 g/mol. The lowest BCUT2D eigenvalue weighted by atomic mass is 9.61. The molecule has 0 aliphatic heterocycles. The normalized spacial score (nSPS) is 28.0. The first-order chi connectivity index (χ1) is 9.92. The lowest BCUT2D eigenvalue weighted by molar-refractivity contribution is -0.384. The summed E-state index contributed by atoms with van der Waals surface area (Å²) in [5.74, 6) is 0. The summed E-state index contributed by atoms with van der Waals surface area (Å²) in [6, 6.07) is 5.05. The van der Waals surface area contributed by atoms with Crippen molar-refractivity contribution in [2.24, 2.45) is 5.41 Å². The Morgan fingerprint density at radius 2 is 2.24 bits per heavy atom. The maximum atomic E-state index is 10.9. The third-order valence-electron chi connectivity index (χ3n) is 4.60. The van der Waals surface area contributed by atoms with Gasteiger partial charge in [-0.25, -0.2) is 0 Å². The van der Waals surface area contributed by atoms with Crippen LogP contribution in [0.5, 0.6) is 0 Å². The molecule has 0 aromatic heterocycles. The van der Waals surface area contributed by atoms with Crippen molar-refractivity contribution in [3.05, 3.63) is 32.8 Å². The van der Waals surface area contributed by atoms with Crippen LogP contribution in [-0.2, 0) is 4.74 Å². The molecule has 1 aliphatic rings. The molecule has 1 aromatic rings. The number of nitrogens with one attached hydrogen (secondary N) is 1. The Morgan fingerprint density at radius 1 is 1.52 bits per heavy atom. The maximum Gasteiger partial charge on any atom is 0.271 e. The van der Waals surface area contributed by atoms with Crippen LogP contribution in [-0.4, -0.2) is 23.7 Å². The lowest BCUT2D eigenvalue weighted by Crippen LogP contribution is -2.59. The van der Waals surface area contributed by atoms with E-state index in [4.69, 9.17) is 4.74 Å². The van der Waals surface area contributed by atoms with Crippen molar-refractivity contribution >= 4 is 27.3 Å². The highest BCUT2D eigenvalue weighted by molar-refractivity contribution is 9.10. The van der Waals surface area contributed by atoms with Crippen LogP contribution in [0.1, 0.15) is 33.6 Å². The molecule has 0 spiro atoms. The zero-order chi connectivity index (χ0) is 15.6. The monoisotopic (exact) mass is 356 g/mol. The Bertz CT molecular complexity index is 538. The van der Waals surface area contributed by atoms with Crippen molar-refractivity contribution in [3.63, 3.8) is 0 Å². The highest BCUT2D eigenvalue weighted by atomic mass is 79.9. The van der Waals surface area contributed by atoms with Crippen molar-refractivity contribution < 1.29 is 9.66 Å². The number of rotatable bonds is 6. The first-order valence-corrected chi connectivity index (χ1v) is 8.03. The van der Waals surface area contributed by atoms with E-state index >= 15 is 0 Å². The summed E-state index contributed by atoms with van der Waals surface area (Å²) in [7, 11) is 0. The summed E-state index contributed by atoms with van der Waals surface area (Å²) in [4.78, 5) is 10.5. The van der Waals surface area contributed by atoms with Crippen LogP contribution in [0.2, 0.25) is 0 Å². The molecule has 1 aliphatic carbocycles. The van der Waals surface area contributed by atoms with Crippen molar-refractivity contribution in [2.45, 2.75) is 45.8 Å². The van der Waals surface area contributed by atoms with E-state index in [0.29, 0.717) is 6.61 Å². The fourth-order valence-electron chi connectivity index (χ4n) is 2.90. The number of halogens is 1. The lowest BCUT2D eigenvalue weighted by Gasteiger charge is -2.54. The Balaban J connectivity index is 2.15. The van der Waals surface area contributed by atoms with Gasteiger partial charge in [0.1, 0.15) is 0 Å². The fraction of sp³-hybridized carbons (Fsp3) is 0.600. The van der Waals surface area contributed by atoms with E-state index in [0.717, 1.165) is 23.0 Å². The van der Waals surface area contributed by atoms with E-state index in [9.17, 15) is 10.1 Å². The third-order valence-corrected chi connectivity index (χ3v) is 5.29. The highest BCUT2D eigenvalue weighted by Crippen LogP contribution is 2.48. The second-order valence-corrected chi connectivity index (χ2v) is 6.51. The SMILES string of the molecule is CCOC1CC(Nc2cc([N+](=O)[O-])ccc2Br)C1(C)CC. The Labute approximate surface area is 133 Å². The number of nitro benzene ring substituents is 1. The van der Waals surface area contributed by atoms with Gasteiger partial charge in [-0.15, -0.1) is 0 Å². The van der Waals surface area contributed by atoms with Crippen molar-refractivity contribution in [2.75, 3.05) is 11.9 Å². The van der Waals surface area contributed by atoms with Gasteiger partial charge in [-0.05, 0) is 41.8 Å². The summed E-state index contributed by atoms with van der Waals surface area (Å²) in [5, 5.41) is 14.3. The molecule has 0 heterocycles. The van der Waals surface area contributed by atoms with Gasteiger partial charge in [-0.1, -0.05) is 13.8 Å². The molecule has 5 nitrogen and oxygen atoms in total. The highest BCUT2D eigenvalue weighted by Gasteiger charge is 2.51. The summed E-state index contributed by atoms with van der Waals surface area (Å²) < 4.78 is 6.62. The molecule has 3 unspecified atom stereocenters. The average Bonchev–Trinajstić information content (AvgIpc) is 2.46. The van der Waals surface area contributed by atoms with Gasteiger partial charge in [0, 0.05) is 34.7 Å². The number of ether oxygens (including phenoxy) is 1. The average molecular weight is 357 g/mol. The Morgan fingerprint density at radius 3 is 2.81 bits per heavy atom. The zero-order valence-corrected chi connectivity index (χ0v) is 14.1. The molecule has 0 saturated heterocycles. The molecule has 1 aromatic carbocycles. The Kier molecular flexibility index (Phi) is 4.88. The number of nitrogens with zero attached hydrogens (tertiary/aromatic N) is 1. The van der Waals surface area contributed by atoms with Gasteiger partial charge in [0.15, 0.2) is 0 Å². The summed E-state index contributed by atoms with van der Waals surface area (Å²) in [5.41, 5.74) is 0.920. The number of benzene rings is 1. The quantitative estimate of drug-likeness (QED) is 0.607. The number of hydrogen-bond donors (Lipinski definition) is 1. The third kappa shape index (κ3) is 3.06. The molecule has 1 saturated carbocycles.